The summed E-state index contributed by atoms with van der Waals surface area (Å²) in [6, 6.07) is 7.30. The van der Waals surface area contributed by atoms with Gasteiger partial charge >= 0.3 is 5.97 Å². The van der Waals surface area contributed by atoms with E-state index in [1.165, 1.54) is 28.3 Å². The highest BCUT2D eigenvalue weighted by atomic mass is 32.2. The minimum absolute atomic E-state index is 0.250. The molecular weight excluding hydrogens is 286 g/mol. The van der Waals surface area contributed by atoms with E-state index in [2.05, 4.69) is 13.8 Å². The number of carboxylic acids is 1. The van der Waals surface area contributed by atoms with Gasteiger partial charge in [0.1, 0.15) is 6.04 Å². The Hall–Kier alpha value is -1.75. The lowest BCUT2D eigenvalue weighted by Crippen LogP contribution is -2.40. The molecule has 0 saturated carbocycles. The van der Waals surface area contributed by atoms with Crippen LogP contribution in [0.15, 0.2) is 30.3 Å². The second-order valence-corrected chi connectivity index (χ2v) is 6.32. The van der Waals surface area contributed by atoms with Crippen LogP contribution in [0.2, 0.25) is 0 Å². The van der Waals surface area contributed by atoms with E-state index in [0.29, 0.717) is 17.5 Å². The minimum Gasteiger partial charge on any atom is -0.480 e. The molecule has 0 radical (unpaired) electrons. The van der Waals surface area contributed by atoms with Gasteiger partial charge < -0.3 is 10.0 Å². The average Bonchev–Trinajstić information content (AvgIpc) is 2.95. The Labute approximate surface area is 128 Å². The number of carboxylic acid groups (broad SMARTS) is 1. The summed E-state index contributed by atoms with van der Waals surface area (Å²) in [5.74, 6) is 0.177. The first-order valence-electron chi connectivity index (χ1n) is 6.88. The number of thioether (sulfide) groups is 1. The van der Waals surface area contributed by atoms with Crippen molar-refractivity contribution in [1.82, 2.24) is 4.90 Å². The van der Waals surface area contributed by atoms with Crippen LogP contribution < -0.4 is 0 Å². The molecule has 1 N–H and O–H groups in total. The summed E-state index contributed by atoms with van der Waals surface area (Å²) in [6.07, 6.45) is 3.18. The van der Waals surface area contributed by atoms with Crippen molar-refractivity contribution >= 4 is 29.7 Å². The molecule has 1 aliphatic rings. The number of carbonyl (C=O) groups is 2. The number of aliphatic carboxylic acids is 1. The molecule has 4 nitrogen and oxygen atoms in total. The third kappa shape index (κ3) is 3.88. The maximum atomic E-state index is 12.1. The fourth-order valence-corrected chi connectivity index (χ4v) is 3.27. The molecule has 1 fully saturated rings. The predicted molar refractivity (Wildman–Crippen MR) is 85.2 cm³/mol. The molecule has 1 amide bonds. The second kappa shape index (κ2) is 6.80. The van der Waals surface area contributed by atoms with Gasteiger partial charge in [-0.15, -0.1) is 11.8 Å². The van der Waals surface area contributed by atoms with Crippen molar-refractivity contribution in [1.29, 1.82) is 0 Å². The maximum Gasteiger partial charge on any atom is 0.327 e. The van der Waals surface area contributed by atoms with Crippen LogP contribution in [-0.4, -0.2) is 39.6 Å². The summed E-state index contributed by atoms with van der Waals surface area (Å²) in [5.41, 5.74) is 2.19. The van der Waals surface area contributed by atoms with Gasteiger partial charge in [0.05, 0.1) is 5.88 Å². The van der Waals surface area contributed by atoms with Crippen molar-refractivity contribution in [2.45, 2.75) is 25.8 Å². The normalized spacial score (nSPS) is 18.6. The van der Waals surface area contributed by atoms with Crippen LogP contribution in [-0.2, 0) is 9.59 Å². The zero-order chi connectivity index (χ0) is 15.4. The molecule has 2 rings (SSSR count). The van der Waals surface area contributed by atoms with Crippen LogP contribution in [0.3, 0.4) is 0 Å². The Kier molecular flexibility index (Phi) is 5.07. The topological polar surface area (TPSA) is 57.6 Å². The first-order chi connectivity index (χ1) is 9.99. The fraction of sp³-hybridized carbons (Fsp3) is 0.375. The average molecular weight is 305 g/mol. The van der Waals surface area contributed by atoms with E-state index in [-0.39, 0.29) is 5.91 Å². The monoisotopic (exact) mass is 305 g/mol. The van der Waals surface area contributed by atoms with Gasteiger partial charge in [0.25, 0.3) is 0 Å². The largest absolute Gasteiger partial charge is 0.480 e. The molecule has 1 atom stereocenters. The zero-order valence-corrected chi connectivity index (χ0v) is 13.0. The van der Waals surface area contributed by atoms with Crippen molar-refractivity contribution in [3.63, 3.8) is 0 Å². The Balaban J connectivity index is 2.03. The molecule has 112 valence electrons. The smallest absolute Gasteiger partial charge is 0.327 e. The van der Waals surface area contributed by atoms with Crippen LogP contribution in [0.4, 0.5) is 0 Å². The number of nitrogens with zero attached hydrogens (tertiary/aromatic N) is 1. The lowest BCUT2D eigenvalue weighted by molar-refractivity contribution is -0.146. The molecule has 1 aromatic carbocycles. The molecule has 1 aliphatic heterocycles. The second-order valence-electron chi connectivity index (χ2n) is 5.32. The van der Waals surface area contributed by atoms with Crippen LogP contribution in [0.5, 0.6) is 0 Å². The predicted octanol–water partition coefficient (Wildman–Crippen LogP) is 2.81. The summed E-state index contributed by atoms with van der Waals surface area (Å²) < 4.78 is 0. The molecular formula is C16H19NO3S. The molecule has 0 aliphatic carbocycles. The van der Waals surface area contributed by atoms with Crippen LogP contribution >= 0.6 is 11.8 Å². The molecule has 1 unspecified atom stereocenters. The summed E-state index contributed by atoms with van der Waals surface area (Å²) in [7, 11) is 0. The lowest BCUT2D eigenvalue weighted by Gasteiger charge is -2.18. The van der Waals surface area contributed by atoms with E-state index in [1.54, 1.807) is 6.08 Å². The third-order valence-electron chi connectivity index (χ3n) is 3.47. The number of benzene rings is 1. The van der Waals surface area contributed by atoms with Gasteiger partial charge in [-0.05, 0) is 23.1 Å². The Bertz CT molecular complexity index is 551. The van der Waals surface area contributed by atoms with Crippen molar-refractivity contribution in [2.24, 2.45) is 0 Å². The molecule has 0 aromatic heterocycles. The van der Waals surface area contributed by atoms with Gasteiger partial charge in [0.15, 0.2) is 0 Å². The molecule has 0 spiro atoms. The summed E-state index contributed by atoms with van der Waals surface area (Å²) in [4.78, 5) is 24.5. The van der Waals surface area contributed by atoms with Crippen molar-refractivity contribution in [3.8, 4) is 0 Å². The van der Waals surface area contributed by atoms with Crippen LogP contribution in [0.1, 0.15) is 30.9 Å². The van der Waals surface area contributed by atoms with Gasteiger partial charge in [0, 0.05) is 11.8 Å². The van der Waals surface area contributed by atoms with Crippen LogP contribution in [0.25, 0.3) is 6.08 Å². The highest BCUT2D eigenvalue weighted by Crippen LogP contribution is 2.21. The molecule has 1 aromatic rings. The summed E-state index contributed by atoms with van der Waals surface area (Å²) in [6.45, 7) is 4.26. The highest BCUT2D eigenvalue weighted by Gasteiger charge is 2.33. The number of hydrogen-bond donors (Lipinski definition) is 1. The van der Waals surface area contributed by atoms with Gasteiger partial charge in [-0.25, -0.2) is 4.79 Å². The molecule has 21 heavy (non-hydrogen) atoms. The zero-order valence-electron chi connectivity index (χ0n) is 12.2. The van der Waals surface area contributed by atoms with E-state index in [9.17, 15) is 9.59 Å². The lowest BCUT2D eigenvalue weighted by atomic mass is 10.0. The number of hydrogen-bond acceptors (Lipinski definition) is 3. The van der Waals surface area contributed by atoms with Crippen molar-refractivity contribution in [3.05, 3.63) is 41.5 Å². The molecule has 1 saturated heterocycles. The standard InChI is InChI=1S/C16H19NO3S/c1-11(2)13-6-3-12(4-7-13)5-8-15(18)17-10-21-9-14(17)16(19)20/h3-8,11,14H,9-10H2,1-2H3,(H,19,20)/b8-5+. The highest BCUT2D eigenvalue weighted by molar-refractivity contribution is 7.99. The summed E-state index contributed by atoms with van der Waals surface area (Å²) >= 11 is 1.46. The number of amides is 1. The van der Waals surface area contributed by atoms with Gasteiger partial charge in [-0.2, -0.15) is 0 Å². The van der Waals surface area contributed by atoms with E-state index in [0.717, 1.165) is 5.56 Å². The van der Waals surface area contributed by atoms with Gasteiger partial charge in [-0.3, -0.25) is 4.79 Å². The number of rotatable bonds is 4. The van der Waals surface area contributed by atoms with Gasteiger partial charge in [-0.1, -0.05) is 38.1 Å². The van der Waals surface area contributed by atoms with Crippen molar-refractivity contribution < 1.29 is 14.7 Å². The quantitative estimate of drug-likeness (QED) is 0.869. The SMILES string of the molecule is CC(C)c1ccc(/C=C/C(=O)N2CSCC2C(=O)O)cc1. The first-order valence-corrected chi connectivity index (χ1v) is 8.03. The van der Waals surface area contributed by atoms with E-state index >= 15 is 0 Å². The van der Waals surface area contributed by atoms with Crippen molar-refractivity contribution in [2.75, 3.05) is 11.6 Å². The molecule has 0 bridgehead atoms. The maximum absolute atomic E-state index is 12.1. The minimum atomic E-state index is -0.942. The molecule has 5 heteroatoms. The summed E-state index contributed by atoms with van der Waals surface area (Å²) in [5, 5.41) is 9.07. The number of carbonyl (C=O) groups excluding carboxylic acids is 1. The van der Waals surface area contributed by atoms with E-state index in [1.807, 2.05) is 24.3 Å². The first kappa shape index (κ1) is 15.6. The Morgan fingerprint density at radius 3 is 2.57 bits per heavy atom. The Morgan fingerprint density at radius 2 is 2.00 bits per heavy atom. The Morgan fingerprint density at radius 1 is 1.33 bits per heavy atom. The van der Waals surface area contributed by atoms with Crippen LogP contribution in [0, 0.1) is 0 Å². The van der Waals surface area contributed by atoms with E-state index in [4.69, 9.17) is 5.11 Å². The molecule has 1 heterocycles. The fourth-order valence-electron chi connectivity index (χ4n) is 2.12. The third-order valence-corrected chi connectivity index (χ3v) is 4.48. The van der Waals surface area contributed by atoms with E-state index < -0.39 is 12.0 Å². The van der Waals surface area contributed by atoms with Gasteiger partial charge in [0.2, 0.25) is 5.91 Å².